The van der Waals surface area contributed by atoms with Crippen molar-refractivity contribution in [2.75, 3.05) is 6.61 Å². The zero-order chi connectivity index (χ0) is 18.4. The lowest BCUT2D eigenvalue weighted by Gasteiger charge is -2.20. The number of imidazole rings is 1. The summed E-state index contributed by atoms with van der Waals surface area (Å²) in [5.41, 5.74) is 1.87. The van der Waals surface area contributed by atoms with Crippen molar-refractivity contribution in [3.8, 4) is 0 Å². The predicted molar refractivity (Wildman–Crippen MR) is 94.9 cm³/mol. The number of hydrogen-bond acceptors (Lipinski definition) is 5. The lowest BCUT2D eigenvalue weighted by molar-refractivity contribution is -0.148. The lowest BCUT2D eigenvalue weighted by Crippen LogP contribution is -2.45. The van der Waals surface area contributed by atoms with Gasteiger partial charge < -0.3 is 14.6 Å². The number of carbonyl (C=O) groups is 2. The largest absolute Gasteiger partial charge is 0.464 e. The predicted octanol–water partition coefficient (Wildman–Crippen LogP) is 2.22. The topological polar surface area (TPSA) is 86.1 Å². The van der Waals surface area contributed by atoms with E-state index in [-0.39, 0.29) is 17.8 Å². The summed E-state index contributed by atoms with van der Waals surface area (Å²) in [6, 6.07) is 1.32. The molecule has 0 saturated carbocycles. The highest BCUT2D eigenvalue weighted by molar-refractivity contribution is 5.84. The monoisotopic (exact) mass is 346 g/mol. The number of nitrogens with one attached hydrogen (secondary N) is 1. The van der Waals surface area contributed by atoms with Gasteiger partial charge in [0.15, 0.2) is 0 Å². The van der Waals surface area contributed by atoms with Crippen LogP contribution in [0.4, 0.5) is 0 Å². The van der Waals surface area contributed by atoms with Crippen molar-refractivity contribution in [2.45, 2.75) is 53.1 Å². The van der Waals surface area contributed by atoms with Gasteiger partial charge in [-0.3, -0.25) is 9.78 Å². The Morgan fingerprint density at radius 3 is 2.80 bits per heavy atom. The van der Waals surface area contributed by atoms with E-state index in [1.807, 2.05) is 26.8 Å². The maximum absolute atomic E-state index is 12.2. The van der Waals surface area contributed by atoms with Crippen LogP contribution in [0.1, 0.15) is 39.4 Å². The first kappa shape index (κ1) is 18.9. The fourth-order valence-electron chi connectivity index (χ4n) is 2.76. The summed E-state index contributed by atoms with van der Waals surface area (Å²) in [6.07, 6.45) is 4.47. The number of aryl methyl sites for hydroxylation is 2. The van der Waals surface area contributed by atoms with E-state index in [0.29, 0.717) is 26.0 Å². The molecule has 2 heterocycles. The van der Waals surface area contributed by atoms with E-state index in [1.54, 1.807) is 19.3 Å². The Balaban J connectivity index is 1.91. The summed E-state index contributed by atoms with van der Waals surface area (Å²) >= 11 is 0. The summed E-state index contributed by atoms with van der Waals surface area (Å²) in [5.74, 6) is 0.357. The molecule has 0 radical (unpaired) electrons. The van der Waals surface area contributed by atoms with Crippen LogP contribution < -0.4 is 5.32 Å². The molecule has 0 aromatic carbocycles. The molecule has 0 unspecified atom stereocenters. The van der Waals surface area contributed by atoms with Crippen LogP contribution in [0.25, 0.3) is 11.0 Å². The van der Waals surface area contributed by atoms with Gasteiger partial charge in [0, 0.05) is 19.2 Å². The molecule has 1 amide bonds. The fourth-order valence-corrected chi connectivity index (χ4v) is 2.76. The van der Waals surface area contributed by atoms with Gasteiger partial charge in [0.25, 0.3) is 0 Å². The minimum Gasteiger partial charge on any atom is -0.464 e. The molecular weight excluding hydrogens is 320 g/mol. The SMILES string of the molecule is CCOC(=O)[C@@H](NC(=O)CCCn1c(C)nc2cnccc21)C(C)C. The summed E-state index contributed by atoms with van der Waals surface area (Å²) in [7, 11) is 0. The Hall–Kier alpha value is -2.44. The Morgan fingerprint density at radius 1 is 1.36 bits per heavy atom. The summed E-state index contributed by atoms with van der Waals surface area (Å²) in [5, 5.41) is 2.78. The van der Waals surface area contributed by atoms with Crippen LogP contribution >= 0.6 is 0 Å². The average molecular weight is 346 g/mol. The second-order valence-electron chi connectivity index (χ2n) is 6.32. The first-order valence-electron chi connectivity index (χ1n) is 8.66. The number of fused-ring (bicyclic) bond motifs is 1. The minimum absolute atomic E-state index is 0.0182. The van der Waals surface area contributed by atoms with Gasteiger partial charge in [0.2, 0.25) is 5.91 Å². The van der Waals surface area contributed by atoms with Gasteiger partial charge in [-0.2, -0.15) is 0 Å². The molecule has 0 saturated heterocycles. The van der Waals surface area contributed by atoms with Gasteiger partial charge >= 0.3 is 5.97 Å². The molecule has 25 heavy (non-hydrogen) atoms. The summed E-state index contributed by atoms with van der Waals surface area (Å²) < 4.78 is 7.10. The number of nitrogens with zero attached hydrogens (tertiary/aromatic N) is 3. The highest BCUT2D eigenvalue weighted by atomic mass is 16.5. The van der Waals surface area contributed by atoms with Crippen molar-refractivity contribution in [3.63, 3.8) is 0 Å². The molecule has 0 aliphatic heterocycles. The van der Waals surface area contributed by atoms with Crippen molar-refractivity contribution >= 4 is 22.9 Å². The first-order chi connectivity index (χ1) is 11.9. The number of rotatable bonds is 8. The molecule has 0 fully saturated rings. The van der Waals surface area contributed by atoms with Crippen LogP contribution in [0.5, 0.6) is 0 Å². The number of amides is 1. The molecule has 0 aliphatic rings. The summed E-state index contributed by atoms with van der Waals surface area (Å²) in [6.45, 7) is 8.46. The van der Waals surface area contributed by atoms with E-state index < -0.39 is 6.04 Å². The maximum Gasteiger partial charge on any atom is 0.328 e. The van der Waals surface area contributed by atoms with Gasteiger partial charge in [-0.05, 0) is 32.3 Å². The van der Waals surface area contributed by atoms with E-state index >= 15 is 0 Å². The highest BCUT2D eigenvalue weighted by Crippen LogP contribution is 2.15. The molecule has 7 heteroatoms. The zero-order valence-electron chi connectivity index (χ0n) is 15.3. The third-order valence-corrected chi connectivity index (χ3v) is 4.05. The molecule has 2 aromatic heterocycles. The number of hydrogen-bond donors (Lipinski definition) is 1. The van der Waals surface area contributed by atoms with Gasteiger partial charge in [0.1, 0.15) is 17.4 Å². The van der Waals surface area contributed by atoms with Crippen molar-refractivity contribution in [1.82, 2.24) is 19.9 Å². The normalized spacial score (nSPS) is 12.4. The first-order valence-corrected chi connectivity index (χ1v) is 8.66. The standard InChI is InChI=1S/C18H26N4O3/c1-5-25-18(24)17(12(2)3)21-16(23)7-6-10-22-13(4)20-14-11-19-9-8-15(14)22/h8-9,11-12,17H,5-7,10H2,1-4H3,(H,21,23)/t17-/m0/s1. The molecule has 0 bridgehead atoms. The number of aromatic nitrogens is 3. The second-order valence-corrected chi connectivity index (χ2v) is 6.32. The number of esters is 1. The average Bonchev–Trinajstić information content (AvgIpc) is 2.88. The summed E-state index contributed by atoms with van der Waals surface area (Å²) in [4.78, 5) is 32.6. The van der Waals surface area contributed by atoms with Crippen LogP contribution in [-0.4, -0.2) is 39.1 Å². The van der Waals surface area contributed by atoms with Gasteiger partial charge in [-0.25, -0.2) is 9.78 Å². The quantitative estimate of drug-likeness (QED) is 0.741. The molecule has 136 valence electrons. The molecule has 0 spiro atoms. The molecule has 1 atom stereocenters. The fraction of sp³-hybridized carbons (Fsp3) is 0.556. The Kier molecular flexibility index (Phi) is 6.50. The van der Waals surface area contributed by atoms with Gasteiger partial charge in [0.05, 0.1) is 18.3 Å². The minimum atomic E-state index is -0.602. The zero-order valence-corrected chi connectivity index (χ0v) is 15.3. The molecule has 0 aliphatic carbocycles. The second kappa shape index (κ2) is 8.60. The van der Waals surface area contributed by atoms with E-state index in [9.17, 15) is 9.59 Å². The smallest absolute Gasteiger partial charge is 0.328 e. The molecule has 2 aromatic rings. The van der Waals surface area contributed by atoms with Crippen LogP contribution in [0.3, 0.4) is 0 Å². The third kappa shape index (κ3) is 4.78. The van der Waals surface area contributed by atoms with Gasteiger partial charge in [-0.1, -0.05) is 13.8 Å². The Bertz CT molecular complexity index is 739. The molecular formula is C18H26N4O3. The highest BCUT2D eigenvalue weighted by Gasteiger charge is 2.25. The number of pyridine rings is 1. The maximum atomic E-state index is 12.2. The van der Waals surface area contributed by atoms with E-state index in [1.165, 1.54) is 0 Å². The van der Waals surface area contributed by atoms with Crippen molar-refractivity contribution in [1.29, 1.82) is 0 Å². The third-order valence-electron chi connectivity index (χ3n) is 4.05. The van der Waals surface area contributed by atoms with Crippen molar-refractivity contribution in [2.24, 2.45) is 5.92 Å². The van der Waals surface area contributed by atoms with Crippen LogP contribution in [0.15, 0.2) is 18.5 Å². The van der Waals surface area contributed by atoms with Crippen molar-refractivity contribution in [3.05, 3.63) is 24.3 Å². The van der Waals surface area contributed by atoms with Crippen LogP contribution in [0, 0.1) is 12.8 Å². The Morgan fingerprint density at radius 2 is 2.12 bits per heavy atom. The Labute approximate surface area is 147 Å². The number of ether oxygens (including phenoxy) is 1. The van der Waals surface area contributed by atoms with E-state index in [0.717, 1.165) is 16.9 Å². The van der Waals surface area contributed by atoms with Crippen LogP contribution in [-0.2, 0) is 20.9 Å². The van der Waals surface area contributed by atoms with Crippen LogP contribution in [0.2, 0.25) is 0 Å². The van der Waals surface area contributed by atoms with Crippen molar-refractivity contribution < 1.29 is 14.3 Å². The lowest BCUT2D eigenvalue weighted by atomic mass is 10.0. The van der Waals surface area contributed by atoms with E-state index in [4.69, 9.17) is 4.74 Å². The van der Waals surface area contributed by atoms with E-state index in [2.05, 4.69) is 19.9 Å². The number of carbonyl (C=O) groups excluding carboxylic acids is 2. The molecule has 7 nitrogen and oxygen atoms in total. The molecule has 1 N–H and O–H groups in total. The van der Waals surface area contributed by atoms with Gasteiger partial charge in [-0.15, -0.1) is 0 Å². The molecule has 2 rings (SSSR count).